The Morgan fingerprint density at radius 1 is 0.854 bits per heavy atom. The van der Waals surface area contributed by atoms with Gasteiger partial charge in [0.1, 0.15) is 11.6 Å². The minimum atomic E-state index is -0.535. The lowest BCUT2D eigenvalue weighted by molar-refractivity contribution is 0.342. The van der Waals surface area contributed by atoms with Gasteiger partial charge in [-0.2, -0.15) is 5.10 Å². The highest BCUT2D eigenvalue weighted by atomic mass is 19.1. The fourth-order valence-electron chi connectivity index (χ4n) is 5.52. The molecule has 0 fully saturated rings. The fraction of sp³-hybridized carbons (Fsp3) is 0.121. The van der Waals surface area contributed by atoms with Crippen LogP contribution >= 0.6 is 0 Å². The van der Waals surface area contributed by atoms with Gasteiger partial charge in [-0.25, -0.2) is 19.1 Å². The second-order valence-electron chi connectivity index (χ2n) is 9.80. The van der Waals surface area contributed by atoms with Crippen LogP contribution in [-0.2, 0) is 0 Å². The zero-order chi connectivity index (χ0) is 27.9. The molecule has 0 aliphatic carbocycles. The van der Waals surface area contributed by atoms with Gasteiger partial charge >= 0.3 is 0 Å². The summed E-state index contributed by atoms with van der Waals surface area (Å²) >= 11 is 0. The molecule has 5 aromatic rings. The maximum Gasteiger partial charge on any atom is 0.179 e. The van der Waals surface area contributed by atoms with Crippen LogP contribution in [-0.4, -0.2) is 28.1 Å². The number of fused-ring (bicyclic) bond motifs is 4. The van der Waals surface area contributed by atoms with Gasteiger partial charge in [0.15, 0.2) is 17.5 Å². The summed E-state index contributed by atoms with van der Waals surface area (Å²) in [5, 5.41) is 8.40. The zero-order valence-corrected chi connectivity index (χ0v) is 22.6. The Morgan fingerprint density at radius 3 is 2.41 bits per heavy atom. The van der Waals surface area contributed by atoms with Crippen LogP contribution < -0.4 is 15.0 Å². The van der Waals surface area contributed by atoms with Gasteiger partial charge in [-0.1, -0.05) is 60.7 Å². The molecule has 3 heterocycles. The van der Waals surface area contributed by atoms with E-state index < -0.39 is 6.04 Å². The normalized spacial score (nSPS) is 15.3. The van der Waals surface area contributed by atoms with Crippen LogP contribution in [0.2, 0.25) is 0 Å². The number of benzene rings is 4. The van der Waals surface area contributed by atoms with Gasteiger partial charge < -0.3 is 15.0 Å². The SMILES string of the molecule is CCOc1ccccc1NC1=Nc2ccccc2N2C1=Nc1c(c(C)nn1-c1ccccc1)[C@@H]2c1ccccc1F. The van der Waals surface area contributed by atoms with Gasteiger partial charge in [-0.3, -0.25) is 0 Å². The van der Waals surface area contributed by atoms with Crippen LogP contribution in [0, 0.1) is 12.7 Å². The summed E-state index contributed by atoms with van der Waals surface area (Å²) in [7, 11) is 0. The number of ether oxygens (including phenoxy) is 1. The predicted molar refractivity (Wildman–Crippen MR) is 161 cm³/mol. The molecule has 1 N–H and O–H groups in total. The molecule has 202 valence electrons. The van der Waals surface area contributed by atoms with Gasteiger partial charge in [-0.15, -0.1) is 0 Å². The summed E-state index contributed by atoms with van der Waals surface area (Å²) in [6, 6.07) is 31.8. The van der Waals surface area contributed by atoms with Crippen molar-refractivity contribution in [2.24, 2.45) is 9.98 Å². The third-order valence-electron chi connectivity index (χ3n) is 7.28. The summed E-state index contributed by atoms with van der Waals surface area (Å²) in [6.45, 7) is 4.43. The number of aliphatic imine (C=N–C) groups is 2. The summed E-state index contributed by atoms with van der Waals surface area (Å²) in [4.78, 5) is 12.3. The van der Waals surface area contributed by atoms with Crippen LogP contribution in [0.15, 0.2) is 113 Å². The van der Waals surface area contributed by atoms with Crippen LogP contribution in [0.4, 0.5) is 27.3 Å². The number of hydrogen-bond donors (Lipinski definition) is 1. The van der Waals surface area contributed by atoms with Gasteiger partial charge in [0.25, 0.3) is 0 Å². The lowest BCUT2D eigenvalue weighted by atomic mass is 9.93. The monoisotopic (exact) mass is 542 g/mol. The quantitative estimate of drug-likeness (QED) is 0.250. The predicted octanol–water partition coefficient (Wildman–Crippen LogP) is 7.51. The molecule has 8 heteroatoms. The number of amidine groups is 2. The lowest BCUT2D eigenvalue weighted by Gasteiger charge is -2.40. The lowest BCUT2D eigenvalue weighted by Crippen LogP contribution is -2.46. The Balaban J connectivity index is 1.50. The Morgan fingerprint density at radius 2 is 1.59 bits per heavy atom. The molecule has 0 saturated heterocycles. The van der Waals surface area contributed by atoms with Crippen molar-refractivity contribution >= 4 is 34.6 Å². The average Bonchev–Trinajstić information content (AvgIpc) is 3.34. The average molecular weight is 543 g/mol. The number of anilines is 2. The van der Waals surface area contributed by atoms with E-state index in [4.69, 9.17) is 19.8 Å². The number of rotatable bonds is 5. The van der Waals surface area contributed by atoms with Crippen molar-refractivity contribution < 1.29 is 9.13 Å². The minimum Gasteiger partial charge on any atom is -0.492 e. The molecule has 0 spiro atoms. The van der Waals surface area contributed by atoms with Crippen molar-refractivity contribution in [1.29, 1.82) is 0 Å². The molecule has 0 amide bonds. The van der Waals surface area contributed by atoms with E-state index in [1.807, 2.05) is 110 Å². The molecule has 2 aliphatic heterocycles. The largest absolute Gasteiger partial charge is 0.492 e. The van der Waals surface area contributed by atoms with Crippen molar-refractivity contribution in [2.75, 3.05) is 16.8 Å². The first kappa shape index (κ1) is 24.8. The Kier molecular flexibility index (Phi) is 6.08. The number of nitrogens with zero attached hydrogens (tertiary/aromatic N) is 5. The van der Waals surface area contributed by atoms with E-state index in [9.17, 15) is 0 Å². The van der Waals surface area contributed by atoms with Crippen LogP contribution in [0.3, 0.4) is 0 Å². The topological polar surface area (TPSA) is 67.0 Å². The Labute approximate surface area is 237 Å². The Bertz CT molecular complexity index is 1830. The van der Waals surface area contributed by atoms with Crippen LogP contribution in [0.25, 0.3) is 5.69 Å². The van der Waals surface area contributed by atoms with Crippen LogP contribution in [0.1, 0.15) is 29.8 Å². The van der Waals surface area contributed by atoms with E-state index in [0.717, 1.165) is 34.0 Å². The first-order valence-corrected chi connectivity index (χ1v) is 13.6. The highest BCUT2D eigenvalue weighted by molar-refractivity contribution is 6.51. The maximum absolute atomic E-state index is 15.7. The molecule has 7 nitrogen and oxygen atoms in total. The number of aromatic nitrogens is 2. The molecule has 2 aliphatic rings. The van der Waals surface area contributed by atoms with Gasteiger partial charge in [0.2, 0.25) is 0 Å². The molecule has 0 saturated carbocycles. The zero-order valence-electron chi connectivity index (χ0n) is 22.6. The molecule has 7 rings (SSSR count). The van der Waals surface area contributed by atoms with E-state index >= 15 is 4.39 Å². The molecular formula is C33H27FN6O. The second kappa shape index (κ2) is 10.1. The molecule has 41 heavy (non-hydrogen) atoms. The van der Waals surface area contributed by atoms with Gasteiger partial charge in [-0.05, 0) is 56.3 Å². The molecule has 0 bridgehead atoms. The third kappa shape index (κ3) is 4.15. The number of hydrogen-bond acceptors (Lipinski definition) is 6. The smallest absolute Gasteiger partial charge is 0.179 e. The fourth-order valence-corrected chi connectivity index (χ4v) is 5.52. The highest BCUT2D eigenvalue weighted by Crippen LogP contribution is 2.48. The maximum atomic E-state index is 15.7. The van der Waals surface area contributed by atoms with Crippen molar-refractivity contribution in [3.8, 4) is 11.4 Å². The molecule has 1 atom stereocenters. The van der Waals surface area contributed by atoms with Crippen molar-refractivity contribution in [3.05, 3.63) is 126 Å². The van der Waals surface area contributed by atoms with Crippen molar-refractivity contribution in [2.45, 2.75) is 19.9 Å². The first-order valence-electron chi connectivity index (χ1n) is 13.6. The molecule has 1 aromatic heterocycles. The summed E-state index contributed by atoms with van der Waals surface area (Å²) in [5.41, 5.74) is 5.36. The number of halogens is 1. The first-order chi connectivity index (χ1) is 20.1. The van der Waals surface area contributed by atoms with E-state index in [-0.39, 0.29) is 5.82 Å². The second-order valence-corrected chi connectivity index (χ2v) is 9.80. The minimum absolute atomic E-state index is 0.298. The number of aryl methyl sites for hydroxylation is 1. The van der Waals surface area contributed by atoms with Gasteiger partial charge in [0.05, 0.1) is 41.1 Å². The van der Waals surface area contributed by atoms with Crippen molar-refractivity contribution in [1.82, 2.24) is 9.78 Å². The van der Waals surface area contributed by atoms with Gasteiger partial charge in [0, 0.05) is 11.1 Å². The molecular weight excluding hydrogens is 515 g/mol. The Hall–Kier alpha value is -5.24. The van der Waals surface area contributed by atoms with E-state index in [1.54, 1.807) is 6.07 Å². The number of nitrogens with one attached hydrogen (secondary N) is 1. The third-order valence-corrected chi connectivity index (χ3v) is 7.28. The molecule has 4 aromatic carbocycles. The van der Waals surface area contributed by atoms with Crippen LogP contribution in [0.5, 0.6) is 5.75 Å². The summed E-state index contributed by atoms with van der Waals surface area (Å²) < 4.78 is 23.4. The molecule has 0 unspecified atom stereocenters. The van der Waals surface area contributed by atoms with Crippen molar-refractivity contribution in [3.63, 3.8) is 0 Å². The van der Waals surface area contributed by atoms with E-state index in [1.165, 1.54) is 6.07 Å². The summed E-state index contributed by atoms with van der Waals surface area (Å²) in [5.74, 6) is 2.14. The highest BCUT2D eigenvalue weighted by Gasteiger charge is 2.42. The van der Waals surface area contributed by atoms with E-state index in [0.29, 0.717) is 35.4 Å². The number of para-hydroxylation sites is 5. The van der Waals surface area contributed by atoms with E-state index in [2.05, 4.69) is 10.2 Å². The standard InChI is InChI=1S/C33H27FN6O/c1-3-41-28-20-12-10-18-26(28)36-31-33-37-32-29(21(2)38-40(32)22-13-5-4-6-14-22)30(23-15-7-8-16-24(23)34)39(33)27-19-11-9-17-25(27)35-31/h4-20,30H,3H2,1-2H3,(H,35,36)/t30-/m0/s1. The summed E-state index contributed by atoms with van der Waals surface area (Å²) in [6.07, 6.45) is 0. The molecule has 0 radical (unpaired) electrons.